The van der Waals surface area contributed by atoms with Crippen molar-refractivity contribution in [1.29, 1.82) is 0 Å². The number of Topliss-reactive ketones (excluding diaryl/α,β-unsaturated/α-hetero) is 1. The van der Waals surface area contributed by atoms with Gasteiger partial charge in [0.2, 0.25) is 0 Å². The van der Waals surface area contributed by atoms with Crippen LogP contribution >= 0.6 is 0 Å². The first-order chi connectivity index (χ1) is 12.9. The maximum atomic E-state index is 13.3. The summed E-state index contributed by atoms with van der Waals surface area (Å²) in [6, 6.07) is 7.44. The van der Waals surface area contributed by atoms with Gasteiger partial charge in [0, 0.05) is 11.1 Å². The summed E-state index contributed by atoms with van der Waals surface area (Å²) in [6.45, 7) is 4.75. The van der Waals surface area contributed by atoms with E-state index in [0.717, 1.165) is 6.07 Å². The number of nitrogens with one attached hydrogen (secondary N) is 1. The third kappa shape index (κ3) is 5.35. The number of rotatable bonds is 6. The minimum Gasteiger partial charge on any atom is -0.454 e. The Morgan fingerprint density at radius 2 is 1.61 bits per heavy atom. The maximum absolute atomic E-state index is 13.3. The number of ketones is 1. The lowest BCUT2D eigenvalue weighted by atomic mass is 9.91. The van der Waals surface area contributed by atoms with Crippen molar-refractivity contribution in [3.8, 4) is 0 Å². The van der Waals surface area contributed by atoms with E-state index in [2.05, 4.69) is 4.72 Å². The Morgan fingerprint density at radius 1 is 1.00 bits per heavy atom. The van der Waals surface area contributed by atoms with Crippen LogP contribution in [0.3, 0.4) is 0 Å². The molecule has 0 aliphatic heterocycles. The summed E-state index contributed by atoms with van der Waals surface area (Å²) in [5.74, 6) is -3.41. The molecule has 0 heterocycles. The van der Waals surface area contributed by atoms with E-state index in [0.29, 0.717) is 12.1 Å². The van der Waals surface area contributed by atoms with Crippen LogP contribution in [0.15, 0.2) is 47.4 Å². The normalized spacial score (nSPS) is 11.8. The Bertz CT molecular complexity index is 996. The van der Waals surface area contributed by atoms with Gasteiger partial charge in [0.1, 0.15) is 0 Å². The molecule has 28 heavy (non-hydrogen) atoms. The number of carbonyl (C=O) groups excluding carboxylic acids is 2. The molecule has 150 valence electrons. The van der Waals surface area contributed by atoms with Gasteiger partial charge in [-0.3, -0.25) is 9.52 Å². The molecule has 0 aliphatic carbocycles. The highest BCUT2D eigenvalue weighted by atomic mass is 32.2. The summed E-state index contributed by atoms with van der Waals surface area (Å²) >= 11 is 0. The van der Waals surface area contributed by atoms with Crippen molar-refractivity contribution in [3.63, 3.8) is 0 Å². The van der Waals surface area contributed by atoms with Gasteiger partial charge in [-0.15, -0.1) is 0 Å². The zero-order valence-electron chi connectivity index (χ0n) is 15.5. The summed E-state index contributed by atoms with van der Waals surface area (Å²) < 4.78 is 57.8. The first kappa shape index (κ1) is 21.5. The standard InChI is InChI=1S/C19H19F2NO5S/c1-19(2,3)17(23)11-27-18(24)12-4-6-13(7-5-12)22-28(25,26)14-8-9-15(20)16(21)10-14/h4-10,22H,11H2,1-3H3. The van der Waals surface area contributed by atoms with Crippen LogP contribution in [-0.4, -0.2) is 26.8 Å². The van der Waals surface area contributed by atoms with Crippen molar-refractivity contribution in [2.24, 2.45) is 5.41 Å². The van der Waals surface area contributed by atoms with Crippen molar-refractivity contribution in [1.82, 2.24) is 0 Å². The zero-order chi connectivity index (χ0) is 21.1. The Balaban J connectivity index is 2.06. The molecule has 0 saturated heterocycles. The average Bonchev–Trinajstić information content (AvgIpc) is 2.61. The minimum absolute atomic E-state index is 0.104. The van der Waals surface area contributed by atoms with Gasteiger partial charge in [0.25, 0.3) is 10.0 Å². The predicted octanol–water partition coefficient (Wildman–Crippen LogP) is 3.54. The van der Waals surface area contributed by atoms with E-state index in [1.54, 1.807) is 20.8 Å². The molecule has 6 nitrogen and oxygen atoms in total. The van der Waals surface area contributed by atoms with E-state index < -0.39 is 37.9 Å². The van der Waals surface area contributed by atoms with Gasteiger partial charge in [-0.2, -0.15) is 0 Å². The maximum Gasteiger partial charge on any atom is 0.338 e. The molecule has 0 unspecified atom stereocenters. The van der Waals surface area contributed by atoms with Crippen molar-refractivity contribution >= 4 is 27.5 Å². The molecule has 2 rings (SSSR count). The molecular formula is C19H19F2NO5S. The molecule has 9 heteroatoms. The topological polar surface area (TPSA) is 89.5 Å². The number of ether oxygens (including phenoxy) is 1. The fourth-order valence-electron chi connectivity index (χ4n) is 1.96. The highest BCUT2D eigenvalue weighted by Gasteiger charge is 2.23. The van der Waals surface area contributed by atoms with Gasteiger partial charge in [0.15, 0.2) is 24.0 Å². The van der Waals surface area contributed by atoms with E-state index in [9.17, 15) is 26.8 Å². The third-order valence-corrected chi connectivity index (χ3v) is 5.12. The molecule has 0 atom stereocenters. The van der Waals surface area contributed by atoms with Crippen LogP contribution in [-0.2, 0) is 19.6 Å². The average molecular weight is 411 g/mol. The molecule has 0 spiro atoms. The number of esters is 1. The number of hydrogen-bond donors (Lipinski definition) is 1. The lowest BCUT2D eigenvalue weighted by Crippen LogP contribution is -2.26. The largest absolute Gasteiger partial charge is 0.454 e. The van der Waals surface area contributed by atoms with Gasteiger partial charge >= 0.3 is 5.97 Å². The van der Waals surface area contributed by atoms with E-state index in [4.69, 9.17) is 4.74 Å². The van der Waals surface area contributed by atoms with Crippen LogP contribution in [0.4, 0.5) is 14.5 Å². The van der Waals surface area contributed by atoms with E-state index in [1.165, 1.54) is 24.3 Å². The van der Waals surface area contributed by atoms with Crippen molar-refractivity contribution in [3.05, 3.63) is 59.7 Å². The SMILES string of the molecule is CC(C)(C)C(=O)COC(=O)c1ccc(NS(=O)(=O)c2ccc(F)c(F)c2)cc1. The Hall–Kier alpha value is -2.81. The molecule has 0 saturated carbocycles. The van der Waals surface area contributed by atoms with Crippen LogP contribution in [0, 0.1) is 17.0 Å². The fourth-order valence-corrected chi connectivity index (χ4v) is 3.03. The second-order valence-corrected chi connectivity index (χ2v) is 8.69. The smallest absolute Gasteiger partial charge is 0.338 e. The third-order valence-electron chi connectivity index (χ3n) is 3.75. The van der Waals surface area contributed by atoms with Gasteiger partial charge in [-0.25, -0.2) is 22.0 Å². The van der Waals surface area contributed by atoms with Crippen LogP contribution in [0.25, 0.3) is 0 Å². The first-order valence-corrected chi connectivity index (χ1v) is 9.67. The minimum atomic E-state index is -4.14. The summed E-state index contributed by atoms with van der Waals surface area (Å²) in [4.78, 5) is 23.3. The zero-order valence-corrected chi connectivity index (χ0v) is 16.3. The second kappa shape index (κ2) is 8.05. The highest BCUT2D eigenvalue weighted by Crippen LogP contribution is 2.19. The number of sulfonamides is 1. The van der Waals surface area contributed by atoms with Crippen LogP contribution < -0.4 is 4.72 Å². The molecule has 0 amide bonds. The number of anilines is 1. The Labute approximate surface area is 161 Å². The molecule has 1 N–H and O–H groups in total. The van der Waals surface area contributed by atoms with Gasteiger partial charge in [-0.05, 0) is 42.5 Å². The van der Waals surface area contributed by atoms with Gasteiger partial charge in [0.05, 0.1) is 10.5 Å². The molecule has 0 bridgehead atoms. The van der Waals surface area contributed by atoms with Crippen LogP contribution in [0.2, 0.25) is 0 Å². The number of benzene rings is 2. The van der Waals surface area contributed by atoms with E-state index in [-0.39, 0.29) is 23.6 Å². The molecule has 0 fully saturated rings. The second-order valence-electron chi connectivity index (χ2n) is 7.01. The Morgan fingerprint density at radius 3 is 2.14 bits per heavy atom. The molecule has 0 radical (unpaired) electrons. The quantitative estimate of drug-likeness (QED) is 0.735. The van der Waals surface area contributed by atoms with Gasteiger partial charge in [-0.1, -0.05) is 20.8 Å². The molecule has 0 aliphatic rings. The van der Waals surface area contributed by atoms with Gasteiger partial charge < -0.3 is 4.74 Å². The van der Waals surface area contributed by atoms with Crippen molar-refractivity contribution in [2.45, 2.75) is 25.7 Å². The fraction of sp³-hybridized carbons (Fsp3) is 0.263. The highest BCUT2D eigenvalue weighted by molar-refractivity contribution is 7.92. The molecular weight excluding hydrogens is 392 g/mol. The first-order valence-electron chi connectivity index (χ1n) is 8.18. The van der Waals surface area contributed by atoms with Crippen LogP contribution in [0.5, 0.6) is 0 Å². The van der Waals surface area contributed by atoms with Crippen molar-refractivity contribution < 1.29 is 31.5 Å². The molecule has 2 aromatic carbocycles. The summed E-state index contributed by atoms with van der Waals surface area (Å²) in [6.07, 6.45) is 0. The lowest BCUT2D eigenvalue weighted by molar-refractivity contribution is -0.129. The number of hydrogen-bond acceptors (Lipinski definition) is 5. The lowest BCUT2D eigenvalue weighted by Gasteiger charge is -2.16. The van der Waals surface area contributed by atoms with Crippen molar-refractivity contribution in [2.75, 3.05) is 11.3 Å². The number of halogens is 2. The predicted molar refractivity (Wildman–Crippen MR) is 98.4 cm³/mol. The van der Waals surface area contributed by atoms with E-state index >= 15 is 0 Å². The van der Waals surface area contributed by atoms with E-state index in [1.807, 2.05) is 0 Å². The summed E-state index contributed by atoms with van der Waals surface area (Å²) in [5.41, 5.74) is -0.410. The summed E-state index contributed by atoms with van der Waals surface area (Å²) in [5, 5.41) is 0. The van der Waals surface area contributed by atoms with Crippen LogP contribution in [0.1, 0.15) is 31.1 Å². The Kier molecular flexibility index (Phi) is 6.18. The molecule has 0 aromatic heterocycles. The summed E-state index contributed by atoms with van der Waals surface area (Å²) in [7, 11) is -4.14. The number of carbonyl (C=O) groups is 2. The molecule has 2 aromatic rings. The monoisotopic (exact) mass is 411 g/mol.